The average Bonchev–Trinajstić information content (AvgIpc) is 3.05. The van der Waals surface area contributed by atoms with Crippen molar-refractivity contribution in [3.8, 4) is 67.9 Å². The third-order valence-corrected chi connectivity index (χ3v) is 7.42. The van der Waals surface area contributed by atoms with Crippen molar-refractivity contribution in [2.24, 2.45) is 0 Å². The molecule has 1 aliphatic rings. The first-order valence-electron chi connectivity index (χ1n) is 13.5. The molecule has 5 aromatic carbocycles. The minimum atomic E-state index is 0.591. The Labute approximate surface area is 236 Å². The smallest absolute Gasteiger partial charge is 0.164 e. The first kappa shape index (κ1) is 23.2. The van der Waals surface area contributed by atoms with Gasteiger partial charge in [-0.15, -0.1) is 0 Å². The fourth-order valence-corrected chi connectivity index (χ4v) is 5.40. The number of ether oxygens (including phenoxy) is 1. The molecule has 5 nitrogen and oxygen atoms in total. The Morgan fingerprint density at radius 3 is 1.85 bits per heavy atom. The number of benzene rings is 5. The van der Waals surface area contributed by atoms with Gasteiger partial charge in [0, 0.05) is 40.0 Å². The summed E-state index contributed by atoms with van der Waals surface area (Å²) in [5, 5.41) is 2.30. The van der Waals surface area contributed by atoms with E-state index in [1.54, 1.807) is 6.20 Å². The van der Waals surface area contributed by atoms with Gasteiger partial charge in [-0.2, -0.15) is 0 Å². The summed E-state index contributed by atoms with van der Waals surface area (Å²) in [7, 11) is 0. The summed E-state index contributed by atoms with van der Waals surface area (Å²) in [5.41, 5.74) is 7.08. The quantitative estimate of drug-likeness (QED) is 0.229. The van der Waals surface area contributed by atoms with Crippen molar-refractivity contribution in [3.05, 3.63) is 134 Å². The summed E-state index contributed by atoms with van der Waals surface area (Å²) >= 11 is 0. The zero-order chi connectivity index (χ0) is 27.2. The summed E-state index contributed by atoms with van der Waals surface area (Å²) in [6.07, 6.45) is 3.64. The number of hydrogen-bond donors (Lipinski definition) is 0. The van der Waals surface area contributed by atoms with E-state index in [-0.39, 0.29) is 0 Å². The lowest BCUT2D eigenvalue weighted by Gasteiger charge is -2.21. The van der Waals surface area contributed by atoms with Crippen LogP contribution in [0.15, 0.2) is 134 Å². The molecule has 0 unspecified atom stereocenters. The molecule has 41 heavy (non-hydrogen) atoms. The van der Waals surface area contributed by atoms with Gasteiger partial charge in [0.05, 0.1) is 0 Å². The van der Waals surface area contributed by atoms with Gasteiger partial charge >= 0.3 is 0 Å². The van der Waals surface area contributed by atoms with Crippen molar-refractivity contribution in [2.45, 2.75) is 0 Å². The van der Waals surface area contributed by atoms with Crippen LogP contribution in [0.5, 0.6) is 11.5 Å². The second kappa shape index (κ2) is 9.50. The molecule has 0 atom stereocenters. The maximum absolute atomic E-state index is 6.42. The Hall–Kier alpha value is -5.68. The predicted octanol–water partition coefficient (Wildman–Crippen LogP) is 8.86. The highest BCUT2D eigenvalue weighted by molar-refractivity contribution is 6.04. The molecule has 7 aromatic rings. The summed E-state index contributed by atoms with van der Waals surface area (Å²) in [4.78, 5) is 19.0. The van der Waals surface area contributed by atoms with E-state index in [1.807, 2.05) is 79.0 Å². The molecule has 0 fully saturated rings. The summed E-state index contributed by atoms with van der Waals surface area (Å²) in [6, 6.07) is 40.9. The number of nitrogens with zero attached hydrogens (tertiary/aromatic N) is 4. The number of pyridine rings is 1. The number of rotatable bonds is 4. The molecule has 0 saturated carbocycles. The van der Waals surface area contributed by atoms with Gasteiger partial charge in [0.25, 0.3) is 0 Å². The van der Waals surface area contributed by atoms with Gasteiger partial charge in [-0.3, -0.25) is 4.98 Å². The fourth-order valence-electron chi connectivity index (χ4n) is 5.40. The molecule has 0 N–H and O–H groups in total. The molecular formula is C36H22N4O. The molecule has 8 rings (SSSR count). The largest absolute Gasteiger partial charge is 0.456 e. The van der Waals surface area contributed by atoms with E-state index >= 15 is 0 Å². The zero-order valence-electron chi connectivity index (χ0n) is 21.9. The molecule has 0 saturated heterocycles. The van der Waals surface area contributed by atoms with Crippen LogP contribution in [0.4, 0.5) is 0 Å². The molecule has 192 valence electrons. The highest BCUT2D eigenvalue weighted by atomic mass is 16.5. The normalized spacial score (nSPS) is 11.6. The molecule has 0 radical (unpaired) electrons. The monoisotopic (exact) mass is 526 g/mol. The van der Waals surface area contributed by atoms with Crippen LogP contribution >= 0.6 is 0 Å². The van der Waals surface area contributed by atoms with Crippen molar-refractivity contribution in [1.29, 1.82) is 0 Å². The van der Waals surface area contributed by atoms with E-state index in [4.69, 9.17) is 19.7 Å². The molecule has 0 bridgehead atoms. The molecule has 2 aromatic heterocycles. The molecule has 1 aliphatic heterocycles. The number of aromatic nitrogens is 4. The Kier molecular flexibility index (Phi) is 5.38. The predicted molar refractivity (Wildman–Crippen MR) is 162 cm³/mol. The van der Waals surface area contributed by atoms with Crippen molar-refractivity contribution in [2.75, 3.05) is 0 Å². The third kappa shape index (κ3) is 4.12. The van der Waals surface area contributed by atoms with Gasteiger partial charge in [-0.1, -0.05) is 97.1 Å². The maximum atomic E-state index is 6.42. The lowest BCUT2D eigenvalue weighted by molar-refractivity contribution is 0.487. The van der Waals surface area contributed by atoms with Crippen molar-refractivity contribution in [1.82, 2.24) is 19.9 Å². The fraction of sp³-hybridized carbons (Fsp3) is 0. The van der Waals surface area contributed by atoms with Crippen LogP contribution in [0.3, 0.4) is 0 Å². The minimum absolute atomic E-state index is 0.591. The summed E-state index contributed by atoms with van der Waals surface area (Å²) in [5.74, 6) is 3.47. The van der Waals surface area contributed by atoms with Crippen LogP contribution in [0.25, 0.3) is 67.2 Å². The number of hydrogen-bond acceptors (Lipinski definition) is 5. The van der Waals surface area contributed by atoms with Crippen LogP contribution < -0.4 is 4.74 Å². The van der Waals surface area contributed by atoms with E-state index in [2.05, 4.69) is 53.5 Å². The van der Waals surface area contributed by atoms with E-state index in [0.717, 1.165) is 50.3 Å². The summed E-state index contributed by atoms with van der Waals surface area (Å²) in [6.45, 7) is 0. The van der Waals surface area contributed by atoms with Crippen LogP contribution in [0.1, 0.15) is 0 Å². The lowest BCUT2D eigenvalue weighted by Crippen LogP contribution is -2.01. The van der Waals surface area contributed by atoms with Crippen LogP contribution in [-0.2, 0) is 0 Å². The number of fused-ring (bicyclic) bond motifs is 2. The Morgan fingerprint density at radius 2 is 1.10 bits per heavy atom. The van der Waals surface area contributed by atoms with Crippen molar-refractivity contribution in [3.63, 3.8) is 0 Å². The highest BCUT2D eigenvalue weighted by Crippen LogP contribution is 2.47. The van der Waals surface area contributed by atoms with Crippen molar-refractivity contribution < 1.29 is 4.74 Å². The molecule has 0 spiro atoms. The Balaban J connectivity index is 1.25. The second-order valence-electron chi connectivity index (χ2n) is 9.96. The topological polar surface area (TPSA) is 60.8 Å². The second-order valence-corrected chi connectivity index (χ2v) is 9.96. The minimum Gasteiger partial charge on any atom is -0.456 e. The third-order valence-electron chi connectivity index (χ3n) is 7.42. The first-order valence-corrected chi connectivity index (χ1v) is 13.5. The van der Waals surface area contributed by atoms with Gasteiger partial charge in [0.1, 0.15) is 11.5 Å². The van der Waals surface area contributed by atoms with Gasteiger partial charge in [0.2, 0.25) is 0 Å². The van der Waals surface area contributed by atoms with Crippen molar-refractivity contribution >= 4 is 10.8 Å². The Bertz CT molecular complexity index is 2050. The lowest BCUT2D eigenvalue weighted by atomic mass is 9.94. The molecule has 0 amide bonds. The van der Waals surface area contributed by atoms with E-state index in [0.29, 0.717) is 17.5 Å². The van der Waals surface area contributed by atoms with Crippen LogP contribution in [-0.4, -0.2) is 19.9 Å². The standard InChI is InChI=1S/C36H22N4O/c1-2-7-25(8-3-1)34-38-35(26-16-14-23(15-17-26)28-11-6-20-37-22-28)40-36(39-34)27-18-19-29-30-12-4-9-24-10-5-13-31(33(24)30)41-32(29)21-27/h1-22H. The SMILES string of the molecule is c1ccc(-c2nc(-c3ccc(-c4cccnc4)cc3)nc(-c3ccc4c(c3)Oc3cccc5cccc-4c35)n2)cc1. The zero-order valence-corrected chi connectivity index (χ0v) is 21.9. The highest BCUT2D eigenvalue weighted by Gasteiger charge is 2.21. The van der Waals surface area contributed by atoms with E-state index in [1.165, 1.54) is 10.9 Å². The molecule has 3 heterocycles. The van der Waals surface area contributed by atoms with Gasteiger partial charge < -0.3 is 4.74 Å². The average molecular weight is 527 g/mol. The summed E-state index contributed by atoms with van der Waals surface area (Å²) < 4.78 is 6.42. The van der Waals surface area contributed by atoms with E-state index in [9.17, 15) is 0 Å². The van der Waals surface area contributed by atoms with Crippen LogP contribution in [0.2, 0.25) is 0 Å². The molecule has 0 aliphatic carbocycles. The van der Waals surface area contributed by atoms with Gasteiger partial charge in [0.15, 0.2) is 17.5 Å². The first-order chi connectivity index (χ1) is 20.3. The maximum Gasteiger partial charge on any atom is 0.164 e. The van der Waals surface area contributed by atoms with Gasteiger partial charge in [-0.05, 0) is 46.3 Å². The van der Waals surface area contributed by atoms with E-state index < -0.39 is 0 Å². The van der Waals surface area contributed by atoms with Gasteiger partial charge in [-0.25, -0.2) is 15.0 Å². The molecular weight excluding hydrogens is 504 g/mol. The van der Waals surface area contributed by atoms with Crippen LogP contribution in [0, 0.1) is 0 Å². The molecule has 5 heteroatoms. The Morgan fingerprint density at radius 1 is 0.439 bits per heavy atom.